The topological polar surface area (TPSA) is 103 Å². The molecule has 1 aliphatic rings. The summed E-state index contributed by atoms with van der Waals surface area (Å²) in [6.07, 6.45) is 5.19. The highest BCUT2D eigenvalue weighted by atomic mass is 32.2. The van der Waals surface area contributed by atoms with Gasteiger partial charge in [-0.15, -0.1) is 0 Å². The van der Waals surface area contributed by atoms with Crippen molar-refractivity contribution >= 4 is 17.3 Å². The maximum Gasteiger partial charge on any atom is 0.317 e. The van der Waals surface area contributed by atoms with Gasteiger partial charge in [-0.2, -0.15) is 0 Å². The molecule has 1 unspecified atom stereocenters. The first-order chi connectivity index (χ1) is 18.5. The van der Waals surface area contributed by atoms with E-state index in [1.165, 1.54) is 5.56 Å². The molecular formula is C28H42N4O5S. The molecule has 210 valence electrons. The Balaban J connectivity index is 1.45. The number of likely N-dealkylation sites (tertiary alicyclic amines) is 1. The second-order valence-electron chi connectivity index (χ2n) is 9.59. The molecule has 0 aromatic heterocycles. The molecule has 38 heavy (non-hydrogen) atoms. The lowest BCUT2D eigenvalue weighted by Crippen LogP contribution is -2.51. The summed E-state index contributed by atoms with van der Waals surface area (Å²) in [6, 6.07) is 15.8. The number of benzene rings is 2. The molecule has 1 atom stereocenters. The van der Waals surface area contributed by atoms with Crippen LogP contribution in [0.2, 0.25) is 0 Å². The van der Waals surface area contributed by atoms with Crippen LogP contribution in [0, 0.1) is 0 Å². The number of piperidine rings is 1. The van der Waals surface area contributed by atoms with Gasteiger partial charge in [0.05, 0.1) is 6.61 Å². The molecule has 0 aliphatic carbocycles. The van der Waals surface area contributed by atoms with Crippen molar-refractivity contribution < 1.29 is 23.0 Å². The minimum Gasteiger partial charge on any atom is -0.457 e. The van der Waals surface area contributed by atoms with Gasteiger partial charge in [0.1, 0.15) is 11.5 Å². The van der Waals surface area contributed by atoms with E-state index < -0.39 is 11.3 Å². The van der Waals surface area contributed by atoms with Gasteiger partial charge in [0.2, 0.25) is 11.3 Å². The molecule has 3 N–H and O–H groups in total. The van der Waals surface area contributed by atoms with Crippen molar-refractivity contribution in [1.29, 1.82) is 0 Å². The highest BCUT2D eigenvalue weighted by molar-refractivity contribution is 7.77. The second kappa shape index (κ2) is 16.5. The zero-order chi connectivity index (χ0) is 27.2. The lowest BCUT2D eigenvalue weighted by Gasteiger charge is -2.38. The second-order valence-corrected chi connectivity index (χ2v) is 10.4. The van der Waals surface area contributed by atoms with Crippen LogP contribution in [-0.2, 0) is 29.1 Å². The summed E-state index contributed by atoms with van der Waals surface area (Å²) in [6.45, 7) is 7.12. The normalized spacial score (nSPS) is 15.2. The van der Waals surface area contributed by atoms with Gasteiger partial charge in [0.25, 0.3) is 0 Å². The number of carbonyl (C=O) groups excluding carboxylic acids is 1. The lowest BCUT2D eigenvalue weighted by molar-refractivity contribution is 0.0930. The predicted octanol–water partition coefficient (Wildman–Crippen LogP) is 4.52. The highest BCUT2D eigenvalue weighted by Gasteiger charge is 2.27. The minimum atomic E-state index is -2.03. The van der Waals surface area contributed by atoms with Gasteiger partial charge in [-0.25, -0.2) is 13.7 Å². The molecule has 10 heteroatoms. The Kier molecular flexibility index (Phi) is 13.0. The van der Waals surface area contributed by atoms with E-state index in [0.717, 1.165) is 69.6 Å². The van der Waals surface area contributed by atoms with Crippen LogP contribution in [0.3, 0.4) is 0 Å². The summed E-state index contributed by atoms with van der Waals surface area (Å²) in [5.74, 6) is 1.47. The monoisotopic (exact) mass is 546 g/mol. The van der Waals surface area contributed by atoms with Crippen LogP contribution in [0.25, 0.3) is 0 Å². The van der Waals surface area contributed by atoms with E-state index in [2.05, 4.69) is 34.0 Å². The number of hydrogen-bond donors (Lipinski definition) is 3. The first kappa shape index (κ1) is 30.0. The first-order valence-electron chi connectivity index (χ1n) is 13.4. The molecule has 2 aromatic carbocycles. The Bertz CT molecular complexity index is 982. The Morgan fingerprint density at radius 1 is 1.05 bits per heavy atom. The molecular weight excluding hydrogens is 504 g/mol. The third-order valence-electron chi connectivity index (χ3n) is 6.74. The van der Waals surface area contributed by atoms with E-state index in [-0.39, 0.29) is 12.1 Å². The Labute approximate surface area is 229 Å². The third-order valence-corrected chi connectivity index (χ3v) is 7.13. The zero-order valence-electron chi connectivity index (χ0n) is 22.6. The smallest absolute Gasteiger partial charge is 0.317 e. The fraction of sp³-hybridized carbons (Fsp3) is 0.536. The average molecular weight is 547 g/mol. The predicted molar refractivity (Wildman–Crippen MR) is 150 cm³/mol. The third kappa shape index (κ3) is 10.3. The summed E-state index contributed by atoms with van der Waals surface area (Å²) in [5, 5.41) is 3.09. The molecule has 2 aromatic rings. The molecule has 0 radical (unpaired) electrons. The molecule has 1 fully saturated rings. The molecule has 1 saturated heterocycles. The van der Waals surface area contributed by atoms with Crippen LogP contribution in [0.5, 0.6) is 11.5 Å². The molecule has 0 spiro atoms. The summed E-state index contributed by atoms with van der Waals surface area (Å²) in [4.78, 5) is 17.2. The number of rotatable bonds is 15. The maximum atomic E-state index is 12.8. The number of amides is 2. The number of urea groups is 1. The molecule has 0 saturated carbocycles. The quantitative estimate of drug-likeness (QED) is 0.224. The summed E-state index contributed by atoms with van der Waals surface area (Å²) < 4.78 is 33.2. The molecule has 3 rings (SSSR count). The number of ether oxygens (including phenoxy) is 2. The van der Waals surface area contributed by atoms with Crippen LogP contribution < -0.4 is 14.8 Å². The number of nitrogens with one attached hydrogen (secondary N) is 2. The molecule has 2 amide bonds. The zero-order valence-corrected chi connectivity index (χ0v) is 23.4. The van der Waals surface area contributed by atoms with Gasteiger partial charge in [-0.1, -0.05) is 44.0 Å². The van der Waals surface area contributed by atoms with Gasteiger partial charge in [0.15, 0.2) is 0 Å². The van der Waals surface area contributed by atoms with Crippen molar-refractivity contribution in [3.63, 3.8) is 0 Å². The van der Waals surface area contributed by atoms with E-state index in [0.29, 0.717) is 25.4 Å². The van der Waals surface area contributed by atoms with E-state index in [1.807, 2.05) is 41.3 Å². The Morgan fingerprint density at radius 3 is 2.26 bits per heavy atom. The summed E-state index contributed by atoms with van der Waals surface area (Å²) in [7, 11) is 1.68. The van der Waals surface area contributed by atoms with E-state index in [9.17, 15) is 9.00 Å². The lowest BCUT2D eigenvalue weighted by atomic mass is 10.0. The Morgan fingerprint density at radius 2 is 1.68 bits per heavy atom. The molecule has 1 aliphatic heterocycles. The van der Waals surface area contributed by atoms with Crippen LogP contribution in [-0.4, -0.2) is 70.5 Å². The van der Waals surface area contributed by atoms with Gasteiger partial charge in [-0.05, 0) is 54.7 Å². The minimum absolute atomic E-state index is 0.0279. The van der Waals surface area contributed by atoms with Crippen molar-refractivity contribution in [3.8, 4) is 11.5 Å². The SMILES string of the molecule is CCCCCNC(=O)N(CCOC)C1CCN(Cc2ccc(Oc3ccc(CNS(=O)O)cc3)cc2)CC1. The molecule has 0 bridgehead atoms. The molecule has 9 nitrogen and oxygen atoms in total. The van der Waals surface area contributed by atoms with Crippen molar-refractivity contribution in [2.24, 2.45) is 0 Å². The van der Waals surface area contributed by atoms with Crippen molar-refractivity contribution in [1.82, 2.24) is 19.8 Å². The van der Waals surface area contributed by atoms with E-state index in [4.69, 9.17) is 14.0 Å². The van der Waals surface area contributed by atoms with Crippen molar-refractivity contribution in [2.75, 3.05) is 39.9 Å². The molecule has 1 heterocycles. The fourth-order valence-corrected chi connectivity index (χ4v) is 4.87. The number of unbranched alkanes of at least 4 members (excludes halogenated alkanes) is 2. The maximum absolute atomic E-state index is 12.8. The van der Waals surface area contributed by atoms with E-state index in [1.54, 1.807) is 7.11 Å². The Hall–Kier alpha value is -2.50. The number of nitrogens with zero attached hydrogens (tertiary/aromatic N) is 2. The van der Waals surface area contributed by atoms with Crippen LogP contribution in [0.1, 0.15) is 50.2 Å². The highest BCUT2D eigenvalue weighted by Crippen LogP contribution is 2.24. The summed E-state index contributed by atoms with van der Waals surface area (Å²) in [5.41, 5.74) is 2.12. The van der Waals surface area contributed by atoms with Gasteiger partial charge < -0.3 is 19.7 Å². The van der Waals surface area contributed by atoms with Crippen LogP contribution in [0.15, 0.2) is 48.5 Å². The number of methoxy groups -OCH3 is 1. The fourth-order valence-electron chi connectivity index (χ4n) is 4.58. The average Bonchev–Trinajstić information content (AvgIpc) is 2.93. The summed E-state index contributed by atoms with van der Waals surface area (Å²) >= 11 is -2.03. The number of hydrogen-bond acceptors (Lipinski definition) is 5. The van der Waals surface area contributed by atoms with Crippen LogP contribution in [0.4, 0.5) is 4.79 Å². The van der Waals surface area contributed by atoms with Gasteiger partial charge >= 0.3 is 6.03 Å². The van der Waals surface area contributed by atoms with E-state index >= 15 is 0 Å². The largest absolute Gasteiger partial charge is 0.457 e. The van der Waals surface area contributed by atoms with Gasteiger partial charge in [0, 0.05) is 52.4 Å². The van der Waals surface area contributed by atoms with Crippen molar-refractivity contribution in [2.45, 2.75) is 58.2 Å². The van der Waals surface area contributed by atoms with Crippen molar-refractivity contribution in [3.05, 3.63) is 59.7 Å². The van der Waals surface area contributed by atoms with Crippen LogP contribution >= 0.6 is 0 Å². The number of carbonyl (C=O) groups is 1. The van der Waals surface area contributed by atoms with Gasteiger partial charge in [-0.3, -0.25) is 9.45 Å². The standard InChI is InChI=1S/C28H42N4O5S/c1-3-4-5-16-29-28(33)32(19-20-36-2)25-14-17-31(18-15-25)22-24-8-12-27(13-9-24)37-26-10-6-23(7-11-26)21-30-38(34)35/h6-13,25,30H,3-5,14-22H2,1-2H3,(H,29,33)(H,34,35). The first-order valence-corrected chi connectivity index (χ1v) is 14.5.